The highest BCUT2D eigenvalue weighted by Gasteiger charge is 2.28. The van der Waals surface area contributed by atoms with E-state index in [1.165, 1.54) is 5.56 Å². The van der Waals surface area contributed by atoms with Gasteiger partial charge in [0.2, 0.25) is 0 Å². The topological polar surface area (TPSA) is 35.2 Å². The maximum atomic E-state index is 6.53. The van der Waals surface area contributed by atoms with Gasteiger partial charge in [-0.15, -0.1) is 0 Å². The number of pyridine rings is 1. The van der Waals surface area contributed by atoms with Crippen LogP contribution < -0.4 is 0 Å². The van der Waals surface area contributed by atoms with Crippen molar-refractivity contribution in [1.82, 2.24) is 19.8 Å². The summed E-state index contributed by atoms with van der Waals surface area (Å²) in [6, 6.07) is 12.3. The molecule has 2 aromatic heterocycles. The van der Waals surface area contributed by atoms with E-state index in [1.54, 1.807) is 0 Å². The van der Waals surface area contributed by atoms with Gasteiger partial charge in [0.05, 0.1) is 16.8 Å². The van der Waals surface area contributed by atoms with Gasteiger partial charge in [0.25, 0.3) is 0 Å². The van der Waals surface area contributed by atoms with Crippen molar-refractivity contribution in [2.75, 3.05) is 33.2 Å². The average molecular weight is 341 g/mol. The van der Waals surface area contributed by atoms with Crippen LogP contribution in [0.1, 0.15) is 17.3 Å². The molecule has 1 atom stereocenters. The Morgan fingerprint density at radius 1 is 1.08 bits per heavy atom. The molecular formula is C19H21ClN4. The Balaban J connectivity index is 1.83. The molecule has 1 aliphatic heterocycles. The number of halogens is 1. The Kier molecular flexibility index (Phi) is 4.27. The third kappa shape index (κ3) is 2.81. The Morgan fingerprint density at radius 3 is 2.67 bits per heavy atom. The van der Waals surface area contributed by atoms with E-state index in [4.69, 9.17) is 11.6 Å². The Morgan fingerprint density at radius 2 is 1.92 bits per heavy atom. The van der Waals surface area contributed by atoms with Crippen LogP contribution in [0.4, 0.5) is 0 Å². The maximum Gasteiger partial charge on any atom is 0.0798 e. The average Bonchev–Trinajstić information content (AvgIpc) is 3.03. The second-order valence-corrected chi connectivity index (χ2v) is 6.81. The summed E-state index contributed by atoms with van der Waals surface area (Å²) in [6.07, 6.45) is 3.96. The summed E-state index contributed by atoms with van der Waals surface area (Å²) >= 11 is 6.53. The van der Waals surface area contributed by atoms with Gasteiger partial charge in [-0.05, 0) is 31.3 Å². The van der Waals surface area contributed by atoms with Crippen LogP contribution in [0.15, 0.2) is 48.8 Å². The van der Waals surface area contributed by atoms with Crippen molar-refractivity contribution in [2.45, 2.75) is 6.04 Å². The number of rotatable bonds is 3. The molecule has 5 heteroatoms. The van der Waals surface area contributed by atoms with Gasteiger partial charge in [0, 0.05) is 55.0 Å². The van der Waals surface area contributed by atoms with Crippen molar-refractivity contribution in [3.63, 3.8) is 0 Å². The minimum Gasteiger partial charge on any atom is -0.361 e. The molecular weight excluding hydrogens is 320 g/mol. The number of hydrogen-bond acceptors (Lipinski definition) is 3. The molecule has 0 spiro atoms. The summed E-state index contributed by atoms with van der Waals surface area (Å²) in [4.78, 5) is 12.9. The molecule has 1 fully saturated rings. The zero-order chi connectivity index (χ0) is 16.5. The van der Waals surface area contributed by atoms with Gasteiger partial charge in [0.15, 0.2) is 0 Å². The van der Waals surface area contributed by atoms with E-state index in [1.807, 2.05) is 24.4 Å². The SMILES string of the molecule is CN1CCN(C(c2ccccn2)c2c[nH]c3cccc(Cl)c23)CC1. The van der Waals surface area contributed by atoms with Gasteiger partial charge < -0.3 is 9.88 Å². The first-order valence-electron chi connectivity index (χ1n) is 8.33. The highest BCUT2D eigenvalue weighted by atomic mass is 35.5. The van der Waals surface area contributed by atoms with Crippen molar-refractivity contribution >= 4 is 22.5 Å². The first-order valence-corrected chi connectivity index (χ1v) is 8.71. The van der Waals surface area contributed by atoms with Crippen LogP contribution in [0.5, 0.6) is 0 Å². The Hall–Kier alpha value is -1.88. The van der Waals surface area contributed by atoms with E-state index in [9.17, 15) is 0 Å². The molecule has 0 saturated carbocycles. The second-order valence-electron chi connectivity index (χ2n) is 6.40. The van der Waals surface area contributed by atoms with Gasteiger partial charge in [-0.1, -0.05) is 23.7 Å². The Bertz CT molecular complexity index is 822. The lowest BCUT2D eigenvalue weighted by atomic mass is 9.99. The summed E-state index contributed by atoms with van der Waals surface area (Å²) in [5.41, 5.74) is 3.36. The predicted octanol–water partition coefficient (Wildman–Crippen LogP) is 3.55. The Labute approximate surface area is 147 Å². The van der Waals surface area contributed by atoms with Gasteiger partial charge in [-0.25, -0.2) is 0 Å². The lowest BCUT2D eigenvalue weighted by molar-refractivity contribution is 0.126. The van der Waals surface area contributed by atoms with Crippen LogP contribution in [0, 0.1) is 0 Å². The molecule has 3 aromatic rings. The monoisotopic (exact) mass is 340 g/mol. The first-order chi connectivity index (χ1) is 11.7. The summed E-state index contributed by atoms with van der Waals surface area (Å²) in [7, 11) is 2.18. The predicted molar refractivity (Wildman–Crippen MR) is 98.5 cm³/mol. The number of aromatic amines is 1. The van der Waals surface area contributed by atoms with Crippen molar-refractivity contribution < 1.29 is 0 Å². The largest absolute Gasteiger partial charge is 0.361 e. The van der Waals surface area contributed by atoms with Gasteiger partial charge >= 0.3 is 0 Å². The summed E-state index contributed by atoms with van der Waals surface area (Å²) in [5, 5.41) is 1.90. The number of H-pyrrole nitrogens is 1. The van der Waals surface area contributed by atoms with E-state index in [0.717, 1.165) is 47.8 Å². The number of nitrogens with one attached hydrogen (secondary N) is 1. The normalized spacial score (nSPS) is 18.1. The van der Waals surface area contributed by atoms with Crippen LogP contribution in [-0.2, 0) is 0 Å². The number of benzene rings is 1. The van der Waals surface area contributed by atoms with Gasteiger partial charge in [0.1, 0.15) is 0 Å². The summed E-state index contributed by atoms with van der Waals surface area (Å²) < 4.78 is 0. The smallest absolute Gasteiger partial charge is 0.0798 e. The second kappa shape index (κ2) is 6.55. The van der Waals surface area contributed by atoms with Crippen LogP contribution in [0.3, 0.4) is 0 Å². The van der Waals surface area contributed by atoms with Crippen molar-refractivity contribution in [3.05, 3.63) is 65.1 Å². The molecule has 0 bridgehead atoms. The molecule has 0 radical (unpaired) electrons. The number of fused-ring (bicyclic) bond motifs is 1. The summed E-state index contributed by atoms with van der Waals surface area (Å²) in [6.45, 7) is 4.18. The molecule has 1 saturated heterocycles. The van der Waals surface area contributed by atoms with Crippen LogP contribution in [-0.4, -0.2) is 53.0 Å². The van der Waals surface area contributed by atoms with Crippen LogP contribution >= 0.6 is 11.6 Å². The highest BCUT2D eigenvalue weighted by molar-refractivity contribution is 6.35. The third-order valence-corrected chi connectivity index (χ3v) is 5.17. The molecule has 1 aromatic carbocycles. The zero-order valence-electron chi connectivity index (χ0n) is 13.7. The van der Waals surface area contributed by atoms with Gasteiger partial charge in [-0.3, -0.25) is 9.88 Å². The molecule has 124 valence electrons. The minimum atomic E-state index is 0.119. The molecule has 4 rings (SSSR count). The number of aromatic nitrogens is 2. The van der Waals surface area contributed by atoms with Crippen molar-refractivity contribution in [3.8, 4) is 0 Å². The standard InChI is InChI=1S/C19H21ClN4/c1-23-9-11-24(12-10-23)19(17-6-2-3-8-21-17)14-13-22-16-7-4-5-15(20)18(14)16/h2-8,13,19,22H,9-12H2,1H3. The van der Waals surface area contributed by atoms with E-state index in [-0.39, 0.29) is 6.04 Å². The number of hydrogen-bond donors (Lipinski definition) is 1. The van der Waals surface area contributed by atoms with Crippen molar-refractivity contribution in [2.24, 2.45) is 0 Å². The number of likely N-dealkylation sites (N-methyl/N-ethyl adjacent to an activating group) is 1. The fourth-order valence-corrected chi connectivity index (χ4v) is 3.83. The van der Waals surface area contributed by atoms with Crippen LogP contribution in [0.25, 0.3) is 10.9 Å². The molecule has 0 amide bonds. The van der Waals surface area contributed by atoms with Gasteiger partial charge in [-0.2, -0.15) is 0 Å². The molecule has 4 nitrogen and oxygen atoms in total. The first kappa shape index (κ1) is 15.6. The van der Waals surface area contributed by atoms with E-state index < -0.39 is 0 Å². The molecule has 1 unspecified atom stereocenters. The molecule has 3 heterocycles. The molecule has 24 heavy (non-hydrogen) atoms. The fraction of sp³-hybridized carbons (Fsp3) is 0.316. The van der Waals surface area contributed by atoms with Crippen molar-refractivity contribution in [1.29, 1.82) is 0 Å². The molecule has 0 aliphatic carbocycles. The van der Waals surface area contributed by atoms with Crippen LogP contribution in [0.2, 0.25) is 5.02 Å². The summed E-state index contributed by atoms with van der Waals surface area (Å²) in [5.74, 6) is 0. The van der Waals surface area contributed by atoms with E-state index >= 15 is 0 Å². The number of piperazine rings is 1. The molecule has 1 N–H and O–H groups in total. The maximum absolute atomic E-state index is 6.53. The third-order valence-electron chi connectivity index (χ3n) is 4.85. The van der Waals surface area contributed by atoms with E-state index in [2.05, 4.69) is 51.2 Å². The number of nitrogens with zero attached hydrogens (tertiary/aromatic N) is 3. The fourth-order valence-electron chi connectivity index (χ4n) is 3.54. The highest BCUT2D eigenvalue weighted by Crippen LogP contribution is 2.36. The quantitative estimate of drug-likeness (QED) is 0.792. The molecule has 1 aliphatic rings. The zero-order valence-corrected chi connectivity index (χ0v) is 14.5. The lowest BCUT2D eigenvalue weighted by Crippen LogP contribution is -2.46. The lowest BCUT2D eigenvalue weighted by Gasteiger charge is -2.37. The minimum absolute atomic E-state index is 0.119. The van der Waals surface area contributed by atoms with E-state index in [0.29, 0.717) is 0 Å².